The van der Waals surface area contributed by atoms with Crippen molar-refractivity contribution in [2.45, 2.75) is 30.3 Å². The Balaban J connectivity index is 1.83. The Morgan fingerprint density at radius 3 is 2.65 bits per heavy atom. The molecule has 1 aliphatic heterocycles. The lowest BCUT2D eigenvalue weighted by Crippen LogP contribution is -2.38. The van der Waals surface area contributed by atoms with Gasteiger partial charge in [0.2, 0.25) is 0 Å². The van der Waals surface area contributed by atoms with Crippen LogP contribution in [0.3, 0.4) is 0 Å². The van der Waals surface area contributed by atoms with Gasteiger partial charge >= 0.3 is 11.9 Å². The van der Waals surface area contributed by atoms with Crippen molar-refractivity contribution < 1.29 is 32.0 Å². The lowest BCUT2D eigenvalue weighted by atomic mass is 9.94. The fourth-order valence-electron chi connectivity index (χ4n) is 3.22. The zero-order valence-electron chi connectivity index (χ0n) is 8.61. The predicted octanol–water partition coefficient (Wildman–Crippen LogP) is -0.880. The van der Waals surface area contributed by atoms with Gasteiger partial charge in [0.05, 0.1) is 5.25 Å². The van der Waals surface area contributed by atoms with Crippen molar-refractivity contribution in [2.24, 2.45) is 11.8 Å². The summed E-state index contributed by atoms with van der Waals surface area (Å²) in [5.41, 5.74) is 0. The predicted molar refractivity (Wildman–Crippen MR) is 51.3 cm³/mol. The number of carbonyl (C=O) groups excluding carboxylic acids is 1. The first kappa shape index (κ1) is 11.0. The third-order valence-corrected chi connectivity index (χ3v) is 5.61. The number of fused-ring (bicyclic) bond motifs is 1. The van der Waals surface area contributed by atoms with Crippen molar-refractivity contribution >= 4 is 22.1 Å². The molecule has 1 N–H and O–H groups in total. The van der Waals surface area contributed by atoms with E-state index in [4.69, 9.17) is 14.0 Å². The zero-order chi connectivity index (χ0) is 12.4. The van der Waals surface area contributed by atoms with Gasteiger partial charge in [-0.3, -0.25) is 4.18 Å². The summed E-state index contributed by atoms with van der Waals surface area (Å²) in [5, 5.41) is 7.95. The Kier molecular flexibility index (Phi) is 2.06. The van der Waals surface area contributed by atoms with Gasteiger partial charge in [-0.25, -0.2) is 9.59 Å². The first-order chi connectivity index (χ1) is 7.90. The number of carboxylic acid groups (broad SMARTS) is 1. The molecule has 2 bridgehead atoms. The number of carboxylic acids is 1. The van der Waals surface area contributed by atoms with E-state index in [2.05, 4.69) is 0 Å². The molecule has 3 aliphatic rings. The van der Waals surface area contributed by atoms with Gasteiger partial charge in [0.25, 0.3) is 10.1 Å². The second-order valence-electron chi connectivity index (χ2n) is 4.66. The standard InChI is InChI=1S/C9H10O7S/c10-8(11)9(12)15-6-3-1-4-5(2-3)17(13,14)16-7(4)6/h3-7H,1-2H2,(H,10,11). The van der Waals surface area contributed by atoms with Gasteiger partial charge in [-0.2, -0.15) is 8.42 Å². The highest BCUT2D eigenvalue weighted by molar-refractivity contribution is 7.87. The Hall–Kier alpha value is -1.15. The van der Waals surface area contributed by atoms with Crippen molar-refractivity contribution in [3.8, 4) is 0 Å². The maximum Gasteiger partial charge on any atom is 0.417 e. The molecule has 3 rings (SSSR count). The van der Waals surface area contributed by atoms with Crippen LogP contribution < -0.4 is 0 Å². The summed E-state index contributed by atoms with van der Waals surface area (Å²) in [4.78, 5) is 21.4. The largest absolute Gasteiger partial charge is 0.473 e. The monoisotopic (exact) mass is 262 g/mol. The van der Waals surface area contributed by atoms with Gasteiger partial charge in [-0.05, 0) is 12.8 Å². The first-order valence-electron chi connectivity index (χ1n) is 5.26. The summed E-state index contributed by atoms with van der Waals surface area (Å²) in [5.74, 6) is -3.29. The van der Waals surface area contributed by atoms with Crippen molar-refractivity contribution in [2.75, 3.05) is 0 Å². The van der Waals surface area contributed by atoms with E-state index in [-0.39, 0.29) is 11.8 Å². The van der Waals surface area contributed by atoms with E-state index in [1.807, 2.05) is 0 Å². The molecule has 5 unspecified atom stereocenters. The smallest absolute Gasteiger partial charge is 0.417 e. The van der Waals surface area contributed by atoms with Crippen LogP contribution >= 0.6 is 0 Å². The molecule has 8 heteroatoms. The number of esters is 1. The molecule has 0 amide bonds. The van der Waals surface area contributed by atoms with Crippen molar-refractivity contribution in [3.05, 3.63) is 0 Å². The van der Waals surface area contributed by atoms with Crippen molar-refractivity contribution in [1.29, 1.82) is 0 Å². The lowest BCUT2D eigenvalue weighted by molar-refractivity contribution is -0.171. The maximum absolute atomic E-state index is 11.6. The van der Waals surface area contributed by atoms with E-state index in [0.29, 0.717) is 12.8 Å². The van der Waals surface area contributed by atoms with Crippen LogP contribution in [0.5, 0.6) is 0 Å². The highest BCUT2D eigenvalue weighted by atomic mass is 32.2. The maximum atomic E-state index is 11.6. The minimum absolute atomic E-state index is 0.101. The summed E-state index contributed by atoms with van der Waals surface area (Å²) >= 11 is 0. The minimum atomic E-state index is -3.56. The van der Waals surface area contributed by atoms with Crippen molar-refractivity contribution in [3.63, 3.8) is 0 Å². The molecule has 3 fully saturated rings. The van der Waals surface area contributed by atoms with Crippen LogP contribution in [0.25, 0.3) is 0 Å². The summed E-state index contributed by atoms with van der Waals surface area (Å²) < 4.78 is 32.9. The van der Waals surface area contributed by atoms with E-state index in [0.717, 1.165) is 0 Å². The molecule has 0 radical (unpaired) electrons. The molecule has 0 aromatic rings. The number of rotatable bonds is 1. The number of hydrogen-bond donors (Lipinski definition) is 1. The van der Waals surface area contributed by atoms with E-state index in [1.54, 1.807) is 0 Å². The van der Waals surface area contributed by atoms with Gasteiger partial charge in [-0.15, -0.1) is 0 Å². The molecule has 94 valence electrons. The van der Waals surface area contributed by atoms with Crippen LogP contribution in [0.15, 0.2) is 0 Å². The van der Waals surface area contributed by atoms with E-state index < -0.39 is 39.5 Å². The van der Waals surface area contributed by atoms with Crippen LogP contribution in [0.1, 0.15) is 12.8 Å². The third kappa shape index (κ3) is 1.40. The molecular weight excluding hydrogens is 252 g/mol. The molecule has 2 aliphatic carbocycles. The average molecular weight is 262 g/mol. The first-order valence-corrected chi connectivity index (χ1v) is 6.73. The number of aliphatic carboxylic acids is 1. The molecule has 17 heavy (non-hydrogen) atoms. The van der Waals surface area contributed by atoms with Crippen LogP contribution in [-0.2, 0) is 28.6 Å². The van der Waals surface area contributed by atoms with Crippen LogP contribution in [0, 0.1) is 11.8 Å². The third-order valence-electron chi connectivity index (χ3n) is 3.83. The normalized spacial score (nSPS) is 44.8. The van der Waals surface area contributed by atoms with E-state index in [1.165, 1.54) is 0 Å². The van der Waals surface area contributed by atoms with Crippen molar-refractivity contribution in [1.82, 2.24) is 0 Å². The van der Waals surface area contributed by atoms with E-state index in [9.17, 15) is 18.0 Å². The second kappa shape index (κ2) is 3.20. The molecule has 1 heterocycles. The molecule has 2 saturated carbocycles. The molecular formula is C9H10O7S. The van der Waals surface area contributed by atoms with Crippen LogP contribution in [0.4, 0.5) is 0 Å². The molecule has 1 saturated heterocycles. The molecule has 7 nitrogen and oxygen atoms in total. The Morgan fingerprint density at radius 2 is 2.00 bits per heavy atom. The number of carbonyl (C=O) groups is 2. The summed E-state index contributed by atoms with van der Waals surface area (Å²) in [6.45, 7) is 0. The molecule has 0 aromatic carbocycles. The minimum Gasteiger partial charge on any atom is -0.473 e. The summed E-state index contributed by atoms with van der Waals surface area (Å²) in [7, 11) is -3.56. The fraction of sp³-hybridized carbons (Fsp3) is 0.778. The Labute approximate surface area is 96.8 Å². The summed E-state index contributed by atoms with van der Waals surface area (Å²) in [6, 6.07) is 0. The molecule has 0 spiro atoms. The number of ether oxygens (including phenoxy) is 1. The highest BCUT2D eigenvalue weighted by Gasteiger charge is 2.65. The van der Waals surface area contributed by atoms with Gasteiger partial charge in [0.1, 0.15) is 12.2 Å². The molecule has 5 atom stereocenters. The topological polar surface area (TPSA) is 107 Å². The highest BCUT2D eigenvalue weighted by Crippen LogP contribution is 2.55. The van der Waals surface area contributed by atoms with Crippen LogP contribution in [0.2, 0.25) is 0 Å². The fourth-order valence-corrected chi connectivity index (χ4v) is 5.10. The SMILES string of the molecule is O=C(O)C(=O)OC1C2CC3C1OS(=O)(=O)C3C2. The number of hydrogen-bond acceptors (Lipinski definition) is 6. The quantitative estimate of drug-likeness (QED) is 0.371. The Bertz CT molecular complexity index is 495. The van der Waals surface area contributed by atoms with Gasteiger partial charge in [-0.1, -0.05) is 0 Å². The summed E-state index contributed by atoms with van der Waals surface area (Å²) in [6.07, 6.45) is -0.420. The average Bonchev–Trinajstić information content (AvgIpc) is 2.81. The molecule has 0 aromatic heterocycles. The zero-order valence-corrected chi connectivity index (χ0v) is 9.42. The second-order valence-corrected chi connectivity index (χ2v) is 6.45. The van der Waals surface area contributed by atoms with E-state index >= 15 is 0 Å². The van der Waals surface area contributed by atoms with Gasteiger partial charge in [0, 0.05) is 11.8 Å². The van der Waals surface area contributed by atoms with Crippen LogP contribution in [-0.4, -0.2) is 42.9 Å². The van der Waals surface area contributed by atoms with Gasteiger partial charge in [0.15, 0.2) is 0 Å². The van der Waals surface area contributed by atoms with Gasteiger partial charge < -0.3 is 9.84 Å². The lowest BCUT2D eigenvalue weighted by Gasteiger charge is -2.23. The Morgan fingerprint density at radius 1 is 1.29 bits per heavy atom.